The molecule has 0 spiro atoms. The van der Waals surface area contributed by atoms with Crippen LogP contribution in [0, 0.1) is 0 Å². The number of aliphatic imine (C=N–C) groups is 1. The molecule has 1 rings (SSSR count). The predicted molar refractivity (Wildman–Crippen MR) is 71.7 cm³/mol. The van der Waals surface area contributed by atoms with Gasteiger partial charge in [-0.2, -0.15) is 0 Å². The van der Waals surface area contributed by atoms with Gasteiger partial charge in [0.05, 0.1) is 5.71 Å². The number of carbonyl (C=O) groups excluding carboxylic acids is 1. The second-order valence-electron chi connectivity index (χ2n) is 3.81. The lowest BCUT2D eigenvalue weighted by Gasteiger charge is -2.10. The quantitative estimate of drug-likeness (QED) is 0.637. The van der Waals surface area contributed by atoms with Gasteiger partial charge in [-0.25, -0.2) is 0 Å². The number of aldehydes is 1. The molecule has 0 amide bonds. The Morgan fingerprint density at radius 3 is 2.24 bits per heavy atom. The van der Waals surface area contributed by atoms with E-state index in [-0.39, 0.29) is 0 Å². The van der Waals surface area contributed by atoms with Crippen molar-refractivity contribution in [2.24, 2.45) is 4.99 Å². The van der Waals surface area contributed by atoms with Crippen LogP contribution in [0.15, 0.2) is 40.5 Å². The number of nitrogens with one attached hydrogen (secondary N) is 1. The SMILES string of the molecule is C/N=C(\C(C)=C(/C)NC)c1ccc(C=O)cc1. The van der Waals surface area contributed by atoms with Crippen LogP contribution in [0.5, 0.6) is 0 Å². The van der Waals surface area contributed by atoms with E-state index in [1.165, 1.54) is 0 Å². The van der Waals surface area contributed by atoms with Gasteiger partial charge in [0, 0.05) is 30.9 Å². The highest BCUT2D eigenvalue weighted by Gasteiger charge is 2.07. The van der Waals surface area contributed by atoms with Crippen LogP contribution >= 0.6 is 0 Å². The summed E-state index contributed by atoms with van der Waals surface area (Å²) in [6.07, 6.45) is 0.841. The molecule has 0 fully saturated rings. The van der Waals surface area contributed by atoms with E-state index in [9.17, 15) is 4.79 Å². The minimum atomic E-state index is 0.677. The molecule has 0 aliphatic carbocycles. The van der Waals surface area contributed by atoms with Crippen molar-refractivity contribution >= 4 is 12.0 Å². The molecule has 1 aromatic carbocycles. The lowest BCUT2D eigenvalue weighted by molar-refractivity contribution is 0.112. The monoisotopic (exact) mass is 230 g/mol. The Labute approximate surface area is 102 Å². The third-order valence-electron chi connectivity index (χ3n) is 2.84. The van der Waals surface area contributed by atoms with Crippen molar-refractivity contribution in [1.82, 2.24) is 5.32 Å². The molecular formula is C14H18N2O. The van der Waals surface area contributed by atoms with Crippen LogP contribution in [0.2, 0.25) is 0 Å². The van der Waals surface area contributed by atoms with Crippen LogP contribution in [0.25, 0.3) is 0 Å². The molecule has 0 saturated carbocycles. The topological polar surface area (TPSA) is 41.5 Å². The predicted octanol–water partition coefficient (Wildman–Crippen LogP) is 2.43. The van der Waals surface area contributed by atoms with Crippen LogP contribution < -0.4 is 5.32 Å². The minimum absolute atomic E-state index is 0.677. The van der Waals surface area contributed by atoms with Crippen LogP contribution in [0.4, 0.5) is 0 Å². The van der Waals surface area contributed by atoms with Gasteiger partial charge >= 0.3 is 0 Å². The summed E-state index contributed by atoms with van der Waals surface area (Å²) >= 11 is 0. The molecule has 0 aliphatic rings. The van der Waals surface area contributed by atoms with E-state index in [1.54, 1.807) is 19.2 Å². The Morgan fingerprint density at radius 1 is 1.24 bits per heavy atom. The lowest BCUT2D eigenvalue weighted by atomic mass is 10.0. The van der Waals surface area contributed by atoms with Gasteiger partial charge in [0.15, 0.2) is 0 Å². The minimum Gasteiger partial charge on any atom is -0.391 e. The van der Waals surface area contributed by atoms with E-state index in [1.807, 2.05) is 33.0 Å². The first-order chi connectivity index (χ1) is 8.13. The maximum atomic E-state index is 10.6. The summed E-state index contributed by atoms with van der Waals surface area (Å²) in [5, 5.41) is 3.11. The van der Waals surface area contributed by atoms with Gasteiger partial charge in [-0.1, -0.05) is 24.3 Å². The summed E-state index contributed by atoms with van der Waals surface area (Å²) in [7, 11) is 3.66. The first kappa shape index (κ1) is 13.2. The highest BCUT2D eigenvalue weighted by atomic mass is 16.1. The van der Waals surface area contributed by atoms with Gasteiger partial charge in [-0.05, 0) is 19.4 Å². The van der Waals surface area contributed by atoms with E-state index in [4.69, 9.17) is 0 Å². The van der Waals surface area contributed by atoms with Crippen molar-refractivity contribution in [3.8, 4) is 0 Å². The van der Waals surface area contributed by atoms with Gasteiger partial charge in [0.2, 0.25) is 0 Å². The molecule has 0 aliphatic heterocycles. The van der Waals surface area contributed by atoms with Gasteiger partial charge in [0.1, 0.15) is 6.29 Å². The molecular weight excluding hydrogens is 212 g/mol. The van der Waals surface area contributed by atoms with Gasteiger partial charge in [-0.3, -0.25) is 9.79 Å². The molecule has 0 aromatic heterocycles. The molecule has 3 nitrogen and oxygen atoms in total. The molecule has 90 valence electrons. The number of rotatable bonds is 4. The van der Waals surface area contributed by atoms with Crippen molar-refractivity contribution in [2.45, 2.75) is 13.8 Å². The van der Waals surface area contributed by atoms with Crippen molar-refractivity contribution < 1.29 is 4.79 Å². The lowest BCUT2D eigenvalue weighted by Crippen LogP contribution is -2.12. The van der Waals surface area contributed by atoms with Crippen LogP contribution in [0.1, 0.15) is 29.8 Å². The second-order valence-corrected chi connectivity index (χ2v) is 3.81. The molecule has 0 unspecified atom stereocenters. The summed E-state index contributed by atoms with van der Waals surface area (Å²) in [5.41, 5.74) is 4.83. The first-order valence-electron chi connectivity index (χ1n) is 5.52. The molecule has 17 heavy (non-hydrogen) atoms. The largest absolute Gasteiger partial charge is 0.391 e. The number of benzene rings is 1. The molecule has 1 N–H and O–H groups in total. The first-order valence-corrected chi connectivity index (χ1v) is 5.52. The number of nitrogens with zero attached hydrogens (tertiary/aromatic N) is 1. The number of hydrogen-bond donors (Lipinski definition) is 1. The van der Waals surface area contributed by atoms with Crippen LogP contribution in [0.3, 0.4) is 0 Å². The van der Waals surface area contributed by atoms with Gasteiger partial charge in [0.25, 0.3) is 0 Å². The molecule has 1 aromatic rings. The maximum absolute atomic E-state index is 10.6. The van der Waals surface area contributed by atoms with E-state index in [2.05, 4.69) is 10.3 Å². The normalized spacial score (nSPS) is 13.1. The van der Waals surface area contributed by atoms with Gasteiger partial charge in [-0.15, -0.1) is 0 Å². The van der Waals surface area contributed by atoms with Crippen molar-refractivity contribution in [3.63, 3.8) is 0 Å². The summed E-state index contributed by atoms with van der Waals surface area (Å²) in [5.74, 6) is 0. The van der Waals surface area contributed by atoms with Crippen LogP contribution in [-0.2, 0) is 0 Å². The average Bonchev–Trinajstić information content (AvgIpc) is 2.39. The molecule has 0 radical (unpaired) electrons. The fraction of sp³-hybridized carbons (Fsp3) is 0.286. The Morgan fingerprint density at radius 2 is 1.82 bits per heavy atom. The Hall–Kier alpha value is -1.90. The molecule has 0 saturated heterocycles. The smallest absolute Gasteiger partial charge is 0.150 e. The van der Waals surface area contributed by atoms with E-state index in [0.717, 1.165) is 28.8 Å². The van der Waals surface area contributed by atoms with E-state index >= 15 is 0 Å². The Balaban J connectivity index is 3.15. The Kier molecular flexibility index (Phi) is 4.64. The summed E-state index contributed by atoms with van der Waals surface area (Å²) in [4.78, 5) is 14.9. The third kappa shape index (κ3) is 3.03. The molecule has 0 atom stereocenters. The molecule has 3 heteroatoms. The number of allylic oxidation sites excluding steroid dienone is 2. The third-order valence-corrected chi connectivity index (χ3v) is 2.84. The summed E-state index contributed by atoms with van der Waals surface area (Å²) < 4.78 is 0. The van der Waals surface area contributed by atoms with E-state index < -0.39 is 0 Å². The zero-order valence-corrected chi connectivity index (χ0v) is 10.7. The average molecular weight is 230 g/mol. The van der Waals surface area contributed by atoms with Crippen molar-refractivity contribution in [2.75, 3.05) is 14.1 Å². The van der Waals surface area contributed by atoms with Gasteiger partial charge < -0.3 is 5.32 Å². The highest BCUT2D eigenvalue weighted by molar-refractivity contribution is 6.12. The zero-order valence-electron chi connectivity index (χ0n) is 10.7. The number of carbonyl (C=O) groups is 1. The zero-order chi connectivity index (χ0) is 12.8. The molecule has 0 bridgehead atoms. The second kappa shape index (κ2) is 5.99. The Bertz CT molecular complexity index is 456. The fourth-order valence-electron chi connectivity index (χ4n) is 1.60. The van der Waals surface area contributed by atoms with Crippen LogP contribution in [-0.4, -0.2) is 26.1 Å². The molecule has 0 heterocycles. The fourth-order valence-corrected chi connectivity index (χ4v) is 1.60. The van der Waals surface area contributed by atoms with Crippen molar-refractivity contribution in [3.05, 3.63) is 46.7 Å². The maximum Gasteiger partial charge on any atom is 0.150 e. The summed E-state index contributed by atoms with van der Waals surface area (Å²) in [6.45, 7) is 4.04. The standard InChI is InChI=1S/C14H18N2O/c1-10(11(2)15-3)14(16-4)13-7-5-12(9-17)6-8-13/h5-9,15H,1-4H3/b11-10+,16-14+. The summed E-state index contributed by atoms with van der Waals surface area (Å²) in [6, 6.07) is 7.43. The van der Waals surface area contributed by atoms with Crippen molar-refractivity contribution in [1.29, 1.82) is 0 Å². The number of hydrogen-bond acceptors (Lipinski definition) is 3. The van der Waals surface area contributed by atoms with E-state index in [0.29, 0.717) is 5.56 Å². The highest BCUT2D eigenvalue weighted by Crippen LogP contribution is 2.12.